The van der Waals surface area contributed by atoms with Gasteiger partial charge in [0.05, 0.1) is 31.2 Å². The van der Waals surface area contributed by atoms with Crippen molar-refractivity contribution in [3.05, 3.63) is 92.9 Å². The molecule has 0 spiro atoms. The van der Waals surface area contributed by atoms with Gasteiger partial charge < -0.3 is 10.2 Å². The molecule has 0 radical (unpaired) electrons. The van der Waals surface area contributed by atoms with Gasteiger partial charge in [-0.25, -0.2) is 8.42 Å². The maximum absolute atomic E-state index is 13.8. The van der Waals surface area contributed by atoms with Crippen LogP contribution in [0.2, 0.25) is 15.1 Å². The molecule has 3 aromatic carbocycles. The van der Waals surface area contributed by atoms with Crippen molar-refractivity contribution in [1.29, 1.82) is 0 Å². The van der Waals surface area contributed by atoms with Gasteiger partial charge in [-0.3, -0.25) is 13.9 Å². The van der Waals surface area contributed by atoms with Crippen molar-refractivity contribution >= 4 is 62.3 Å². The van der Waals surface area contributed by atoms with E-state index in [2.05, 4.69) is 5.32 Å². The first-order valence-corrected chi connectivity index (χ1v) is 14.7. The minimum atomic E-state index is -4.90. The monoisotopic (exact) mass is 649 g/mol. The zero-order valence-electron chi connectivity index (χ0n) is 21.8. The van der Waals surface area contributed by atoms with E-state index >= 15 is 0 Å². The molecule has 1 unspecified atom stereocenters. The molecule has 0 bridgehead atoms. The highest BCUT2D eigenvalue weighted by Crippen LogP contribution is 2.38. The quantitative estimate of drug-likeness (QED) is 0.275. The van der Waals surface area contributed by atoms with Crippen LogP contribution in [0.15, 0.2) is 71.6 Å². The molecule has 41 heavy (non-hydrogen) atoms. The molecule has 3 rings (SSSR count). The first-order chi connectivity index (χ1) is 19.2. The largest absolute Gasteiger partial charge is 0.417 e. The Balaban J connectivity index is 2.12. The van der Waals surface area contributed by atoms with Crippen molar-refractivity contribution in [2.75, 3.05) is 17.4 Å². The number of nitrogens with one attached hydrogen (secondary N) is 1. The molecule has 0 aliphatic carbocycles. The van der Waals surface area contributed by atoms with Crippen molar-refractivity contribution in [3.63, 3.8) is 0 Å². The number of sulfonamides is 1. The fourth-order valence-corrected chi connectivity index (χ4v) is 5.85. The summed E-state index contributed by atoms with van der Waals surface area (Å²) < 4.78 is 69.0. The molecular formula is C27H25Cl3F3N3O4S. The number of hydrogen-bond acceptors (Lipinski definition) is 4. The highest BCUT2D eigenvalue weighted by atomic mass is 35.5. The maximum Gasteiger partial charge on any atom is 0.417 e. The van der Waals surface area contributed by atoms with Crippen LogP contribution in [0.5, 0.6) is 0 Å². The molecule has 2 amide bonds. The topological polar surface area (TPSA) is 86.8 Å². The zero-order chi connectivity index (χ0) is 30.5. The smallest absolute Gasteiger partial charge is 0.355 e. The molecule has 1 N–H and O–H groups in total. The van der Waals surface area contributed by atoms with E-state index in [0.717, 1.165) is 17.0 Å². The van der Waals surface area contributed by atoms with Gasteiger partial charge >= 0.3 is 6.18 Å². The van der Waals surface area contributed by atoms with Crippen LogP contribution in [0, 0.1) is 0 Å². The molecule has 0 saturated carbocycles. The molecule has 3 aromatic rings. The Kier molecular flexibility index (Phi) is 10.6. The number of alkyl halides is 3. The molecule has 0 fully saturated rings. The minimum absolute atomic E-state index is 0.179. The first-order valence-electron chi connectivity index (χ1n) is 12.1. The molecule has 14 heteroatoms. The summed E-state index contributed by atoms with van der Waals surface area (Å²) in [6.45, 7) is 2.28. The third kappa shape index (κ3) is 7.85. The number of anilines is 1. The van der Waals surface area contributed by atoms with Gasteiger partial charge in [0.15, 0.2) is 0 Å². The van der Waals surface area contributed by atoms with Crippen molar-refractivity contribution < 1.29 is 31.2 Å². The highest BCUT2D eigenvalue weighted by Gasteiger charge is 2.37. The highest BCUT2D eigenvalue weighted by molar-refractivity contribution is 7.92. The normalized spacial score (nSPS) is 12.5. The van der Waals surface area contributed by atoms with Gasteiger partial charge in [0.25, 0.3) is 10.0 Å². The fraction of sp³-hybridized carbons (Fsp3) is 0.259. The molecule has 220 valence electrons. The second kappa shape index (κ2) is 13.3. The van der Waals surface area contributed by atoms with E-state index in [0.29, 0.717) is 15.9 Å². The van der Waals surface area contributed by atoms with Crippen LogP contribution in [-0.4, -0.2) is 44.3 Å². The summed E-state index contributed by atoms with van der Waals surface area (Å²) in [6, 6.07) is 12.9. The van der Waals surface area contributed by atoms with Crippen LogP contribution in [0.25, 0.3) is 0 Å². The first kappa shape index (κ1) is 32.5. The van der Waals surface area contributed by atoms with Gasteiger partial charge in [-0.2, -0.15) is 13.2 Å². The SMILES string of the molecule is CCNC(=O)C(C)N(Cc1ccc(Cl)c(Cl)c1)C(=O)CN(c1ccc(Cl)c(C(F)(F)F)c1)S(=O)(=O)c1ccccc1. The lowest BCUT2D eigenvalue weighted by Crippen LogP contribution is -2.51. The summed E-state index contributed by atoms with van der Waals surface area (Å²) in [7, 11) is -4.56. The number of carbonyl (C=O) groups excluding carboxylic acids is 2. The minimum Gasteiger partial charge on any atom is -0.355 e. The Bertz CT molecular complexity index is 1520. The number of nitrogens with zero attached hydrogens (tertiary/aromatic N) is 2. The van der Waals surface area contributed by atoms with Crippen molar-refractivity contribution in [2.45, 2.75) is 37.5 Å². The molecule has 0 saturated heterocycles. The molecule has 0 heterocycles. The van der Waals surface area contributed by atoms with E-state index in [1.807, 2.05) is 0 Å². The Hall–Kier alpha value is -2.99. The number of carbonyl (C=O) groups is 2. The second-order valence-corrected chi connectivity index (χ2v) is 11.9. The third-order valence-electron chi connectivity index (χ3n) is 6.01. The number of likely N-dealkylation sites (N-methyl/N-ethyl adjacent to an activating group) is 1. The van der Waals surface area contributed by atoms with Crippen LogP contribution in [0.1, 0.15) is 25.0 Å². The van der Waals surface area contributed by atoms with Gasteiger partial charge in [0, 0.05) is 13.1 Å². The number of halogens is 6. The molecule has 0 aliphatic rings. The number of rotatable bonds is 10. The van der Waals surface area contributed by atoms with Gasteiger partial charge in [-0.15, -0.1) is 0 Å². The van der Waals surface area contributed by atoms with Gasteiger partial charge in [0.2, 0.25) is 11.8 Å². The van der Waals surface area contributed by atoms with Crippen LogP contribution in [-0.2, 0) is 32.3 Å². The van der Waals surface area contributed by atoms with E-state index in [1.165, 1.54) is 43.3 Å². The van der Waals surface area contributed by atoms with Crippen LogP contribution in [0.4, 0.5) is 18.9 Å². The summed E-state index contributed by atoms with van der Waals surface area (Å²) >= 11 is 17.9. The van der Waals surface area contributed by atoms with Crippen LogP contribution < -0.4 is 9.62 Å². The van der Waals surface area contributed by atoms with Crippen molar-refractivity contribution in [1.82, 2.24) is 10.2 Å². The Morgan fingerprint density at radius 2 is 1.56 bits per heavy atom. The van der Waals surface area contributed by atoms with Crippen LogP contribution in [0.3, 0.4) is 0 Å². The van der Waals surface area contributed by atoms with Crippen LogP contribution >= 0.6 is 34.8 Å². The number of amides is 2. The van der Waals surface area contributed by atoms with E-state index in [1.54, 1.807) is 19.1 Å². The standard InChI is InChI=1S/C27H25Cl3F3N3O4S/c1-3-34-26(38)17(2)35(15-18-9-11-23(29)24(30)13-18)25(37)16-36(41(39,40)20-7-5-4-6-8-20)19-10-12-22(28)21(14-19)27(31,32)33/h4-14,17H,3,15-16H2,1-2H3,(H,34,38). The Morgan fingerprint density at radius 1 is 0.927 bits per heavy atom. The van der Waals surface area contributed by atoms with Gasteiger partial charge in [-0.1, -0.05) is 59.1 Å². The Morgan fingerprint density at radius 3 is 2.15 bits per heavy atom. The third-order valence-corrected chi connectivity index (χ3v) is 8.87. The summed E-state index contributed by atoms with van der Waals surface area (Å²) in [5.41, 5.74) is -1.24. The van der Waals surface area contributed by atoms with E-state index in [-0.39, 0.29) is 28.0 Å². The molecule has 0 aliphatic heterocycles. The molecule has 7 nitrogen and oxygen atoms in total. The lowest BCUT2D eigenvalue weighted by Gasteiger charge is -2.32. The van der Waals surface area contributed by atoms with E-state index in [9.17, 15) is 31.2 Å². The number of benzene rings is 3. The average molecular weight is 651 g/mol. The van der Waals surface area contributed by atoms with E-state index in [4.69, 9.17) is 34.8 Å². The van der Waals surface area contributed by atoms with E-state index < -0.39 is 56.9 Å². The average Bonchev–Trinajstić information content (AvgIpc) is 2.92. The number of hydrogen-bond donors (Lipinski definition) is 1. The predicted octanol–water partition coefficient (Wildman–Crippen LogP) is 6.41. The Labute approximate surface area is 250 Å². The lowest BCUT2D eigenvalue weighted by molar-refractivity contribution is -0.139. The second-order valence-electron chi connectivity index (χ2n) is 8.83. The molecular weight excluding hydrogens is 626 g/mol. The maximum atomic E-state index is 13.8. The van der Waals surface area contributed by atoms with Crippen molar-refractivity contribution in [3.8, 4) is 0 Å². The fourth-order valence-electron chi connectivity index (χ4n) is 3.87. The van der Waals surface area contributed by atoms with Gasteiger partial charge in [-0.05, 0) is 61.9 Å². The lowest BCUT2D eigenvalue weighted by atomic mass is 10.1. The summed E-state index contributed by atoms with van der Waals surface area (Å²) in [6.07, 6.45) is -4.90. The molecule has 0 aromatic heterocycles. The summed E-state index contributed by atoms with van der Waals surface area (Å²) in [4.78, 5) is 27.4. The van der Waals surface area contributed by atoms with Gasteiger partial charge in [0.1, 0.15) is 12.6 Å². The predicted molar refractivity (Wildman–Crippen MR) is 153 cm³/mol. The summed E-state index contributed by atoms with van der Waals surface area (Å²) in [5, 5.41) is 2.41. The summed E-state index contributed by atoms with van der Waals surface area (Å²) in [5.74, 6) is -1.39. The van der Waals surface area contributed by atoms with Crippen molar-refractivity contribution in [2.24, 2.45) is 0 Å². The molecule has 1 atom stereocenters. The zero-order valence-corrected chi connectivity index (χ0v) is 24.8.